The molecule has 0 aliphatic carbocycles. The van der Waals surface area contributed by atoms with Gasteiger partial charge < -0.3 is 20.6 Å². The lowest BCUT2D eigenvalue weighted by Crippen LogP contribution is -2.02. The lowest BCUT2D eigenvalue weighted by atomic mass is 10.0. The van der Waals surface area contributed by atoms with Gasteiger partial charge in [0.05, 0.1) is 11.1 Å². The normalized spacial score (nSPS) is 10.2. The van der Waals surface area contributed by atoms with Gasteiger partial charge in [0.1, 0.15) is 17.2 Å². The summed E-state index contributed by atoms with van der Waals surface area (Å²) in [6, 6.07) is 8.21. The molecule has 0 atom stereocenters. The minimum Gasteiger partial charge on any atom is -0.508 e. The van der Waals surface area contributed by atoms with Crippen LogP contribution in [0.15, 0.2) is 36.4 Å². The van der Waals surface area contributed by atoms with Crippen molar-refractivity contribution < 1.29 is 20.1 Å². The molecule has 5 heteroatoms. The number of aromatic hydroxyl groups is 3. The van der Waals surface area contributed by atoms with Gasteiger partial charge in [-0.05, 0) is 24.3 Å². The highest BCUT2D eigenvalue weighted by atomic mass is 16.3. The van der Waals surface area contributed by atoms with Crippen LogP contribution in [0.2, 0.25) is 0 Å². The zero-order valence-corrected chi connectivity index (χ0v) is 10.2. The minimum absolute atomic E-state index is 0.0188. The monoisotopic (exact) mass is 259 g/mol. The third-order valence-corrected chi connectivity index (χ3v) is 2.76. The molecule has 98 valence electrons. The zero-order chi connectivity index (χ0) is 14.0. The van der Waals surface area contributed by atoms with Crippen molar-refractivity contribution in [1.29, 1.82) is 0 Å². The Kier molecular flexibility index (Phi) is 3.29. The molecule has 0 spiro atoms. The molecule has 0 bridgehead atoms. The molecule has 5 nitrogen and oxygen atoms in total. The van der Waals surface area contributed by atoms with E-state index in [1.165, 1.54) is 24.3 Å². The van der Waals surface area contributed by atoms with Gasteiger partial charge >= 0.3 is 0 Å². The second-order valence-corrected chi connectivity index (χ2v) is 4.01. The molecule has 0 aliphatic heterocycles. The Morgan fingerprint density at radius 3 is 2.05 bits per heavy atom. The van der Waals surface area contributed by atoms with Gasteiger partial charge in [-0.2, -0.15) is 0 Å². The van der Waals surface area contributed by atoms with Gasteiger partial charge in [0, 0.05) is 24.9 Å². The Bertz CT molecular complexity index is 637. The van der Waals surface area contributed by atoms with Crippen LogP contribution in [0.3, 0.4) is 0 Å². The molecule has 19 heavy (non-hydrogen) atoms. The maximum absolute atomic E-state index is 12.2. The number of phenolic OH excluding ortho intramolecular Hbond substituents is 3. The SMILES string of the molecule is CNc1ccc(C(=O)c2ccc(O)cc2O)c(O)c1. The molecule has 0 saturated heterocycles. The van der Waals surface area contributed by atoms with E-state index in [-0.39, 0.29) is 28.4 Å². The number of rotatable bonds is 3. The lowest BCUT2D eigenvalue weighted by Gasteiger charge is -2.08. The summed E-state index contributed by atoms with van der Waals surface area (Å²) in [5, 5.41) is 31.5. The van der Waals surface area contributed by atoms with Crippen molar-refractivity contribution in [3.63, 3.8) is 0 Å². The first-order valence-electron chi connectivity index (χ1n) is 5.60. The molecule has 2 aromatic carbocycles. The van der Waals surface area contributed by atoms with Gasteiger partial charge in [-0.3, -0.25) is 4.79 Å². The fraction of sp³-hybridized carbons (Fsp3) is 0.0714. The third kappa shape index (κ3) is 2.44. The number of hydrogen-bond donors (Lipinski definition) is 4. The third-order valence-electron chi connectivity index (χ3n) is 2.76. The van der Waals surface area contributed by atoms with Gasteiger partial charge in [0.25, 0.3) is 0 Å². The first-order chi connectivity index (χ1) is 9.02. The van der Waals surface area contributed by atoms with Crippen LogP contribution in [0.4, 0.5) is 5.69 Å². The quantitative estimate of drug-likeness (QED) is 0.634. The Labute approximate surface area is 109 Å². The molecule has 0 fully saturated rings. The van der Waals surface area contributed by atoms with E-state index in [1.54, 1.807) is 13.1 Å². The van der Waals surface area contributed by atoms with Crippen LogP contribution in [0, 0.1) is 0 Å². The van der Waals surface area contributed by atoms with Gasteiger partial charge in [0.2, 0.25) is 0 Å². The molecule has 2 rings (SSSR count). The highest BCUT2D eigenvalue weighted by molar-refractivity contribution is 6.12. The molecule has 0 aromatic heterocycles. The number of nitrogens with one attached hydrogen (secondary N) is 1. The number of hydrogen-bond acceptors (Lipinski definition) is 5. The van der Waals surface area contributed by atoms with E-state index in [0.717, 1.165) is 6.07 Å². The van der Waals surface area contributed by atoms with Crippen molar-refractivity contribution >= 4 is 11.5 Å². The summed E-state index contributed by atoms with van der Waals surface area (Å²) in [4.78, 5) is 12.2. The van der Waals surface area contributed by atoms with E-state index in [2.05, 4.69) is 5.32 Å². The van der Waals surface area contributed by atoms with Crippen molar-refractivity contribution in [2.75, 3.05) is 12.4 Å². The van der Waals surface area contributed by atoms with Gasteiger partial charge in [-0.1, -0.05) is 0 Å². The Morgan fingerprint density at radius 2 is 1.53 bits per heavy atom. The van der Waals surface area contributed by atoms with Crippen LogP contribution in [0.25, 0.3) is 0 Å². The summed E-state index contributed by atoms with van der Waals surface area (Å²) in [6.07, 6.45) is 0. The molecule has 0 heterocycles. The van der Waals surface area contributed by atoms with E-state index in [1.807, 2.05) is 0 Å². The van der Waals surface area contributed by atoms with E-state index in [9.17, 15) is 20.1 Å². The summed E-state index contributed by atoms with van der Waals surface area (Å²) in [5.74, 6) is -1.16. The van der Waals surface area contributed by atoms with E-state index >= 15 is 0 Å². The van der Waals surface area contributed by atoms with Crippen molar-refractivity contribution in [2.24, 2.45) is 0 Å². The van der Waals surface area contributed by atoms with Crippen LogP contribution in [0.1, 0.15) is 15.9 Å². The van der Waals surface area contributed by atoms with Gasteiger partial charge in [-0.15, -0.1) is 0 Å². The number of carbonyl (C=O) groups is 1. The van der Waals surface area contributed by atoms with Crippen LogP contribution in [-0.4, -0.2) is 28.2 Å². The summed E-state index contributed by atoms with van der Waals surface area (Å²) < 4.78 is 0. The number of anilines is 1. The fourth-order valence-corrected chi connectivity index (χ4v) is 1.74. The highest BCUT2D eigenvalue weighted by Gasteiger charge is 2.17. The van der Waals surface area contributed by atoms with Crippen molar-refractivity contribution in [2.45, 2.75) is 0 Å². The molecule has 2 aromatic rings. The molecule has 0 aliphatic rings. The van der Waals surface area contributed by atoms with Crippen molar-refractivity contribution in [1.82, 2.24) is 0 Å². The first kappa shape index (κ1) is 12.8. The molecule has 0 amide bonds. The Balaban J connectivity index is 2.44. The number of ketones is 1. The standard InChI is InChI=1S/C14H13NO4/c1-15-8-2-4-10(12(17)6-8)14(19)11-5-3-9(16)7-13(11)18/h2-7,15-18H,1H3. The lowest BCUT2D eigenvalue weighted by molar-refractivity contribution is 0.103. The van der Waals surface area contributed by atoms with Gasteiger partial charge in [-0.25, -0.2) is 0 Å². The summed E-state index contributed by atoms with van der Waals surface area (Å²) in [5.41, 5.74) is 0.772. The summed E-state index contributed by atoms with van der Waals surface area (Å²) in [6.45, 7) is 0. The first-order valence-corrected chi connectivity index (χ1v) is 5.60. The molecular weight excluding hydrogens is 246 g/mol. The molecule has 0 unspecified atom stereocenters. The largest absolute Gasteiger partial charge is 0.508 e. The summed E-state index contributed by atoms with van der Waals surface area (Å²) in [7, 11) is 1.70. The molecule has 0 saturated carbocycles. The highest BCUT2D eigenvalue weighted by Crippen LogP contribution is 2.29. The van der Waals surface area contributed by atoms with Crippen molar-refractivity contribution in [3.8, 4) is 17.2 Å². The second kappa shape index (κ2) is 4.89. The minimum atomic E-state index is -0.516. The predicted octanol–water partition coefficient (Wildman–Crippen LogP) is 2.08. The summed E-state index contributed by atoms with van der Waals surface area (Å²) >= 11 is 0. The molecule has 0 radical (unpaired) electrons. The topological polar surface area (TPSA) is 89.8 Å². The Hall–Kier alpha value is -2.69. The van der Waals surface area contributed by atoms with Crippen LogP contribution < -0.4 is 5.32 Å². The van der Waals surface area contributed by atoms with Crippen LogP contribution in [0.5, 0.6) is 17.2 Å². The fourth-order valence-electron chi connectivity index (χ4n) is 1.74. The number of benzene rings is 2. The average Bonchev–Trinajstić information content (AvgIpc) is 2.37. The molecule has 4 N–H and O–H groups in total. The number of carbonyl (C=O) groups excluding carboxylic acids is 1. The zero-order valence-electron chi connectivity index (χ0n) is 10.2. The molecular formula is C14H13NO4. The maximum Gasteiger partial charge on any atom is 0.200 e. The second-order valence-electron chi connectivity index (χ2n) is 4.01. The number of phenols is 3. The average molecular weight is 259 g/mol. The van der Waals surface area contributed by atoms with Crippen LogP contribution >= 0.6 is 0 Å². The van der Waals surface area contributed by atoms with Crippen molar-refractivity contribution in [3.05, 3.63) is 47.5 Å². The van der Waals surface area contributed by atoms with E-state index in [0.29, 0.717) is 5.69 Å². The Morgan fingerprint density at radius 1 is 0.947 bits per heavy atom. The predicted molar refractivity (Wildman–Crippen MR) is 70.9 cm³/mol. The van der Waals surface area contributed by atoms with E-state index < -0.39 is 5.78 Å². The van der Waals surface area contributed by atoms with Gasteiger partial charge in [0.15, 0.2) is 5.78 Å². The maximum atomic E-state index is 12.2. The van der Waals surface area contributed by atoms with E-state index in [4.69, 9.17) is 0 Å². The smallest absolute Gasteiger partial charge is 0.200 e. The van der Waals surface area contributed by atoms with Crippen LogP contribution in [-0.2, 0) is 0 Å².